The molecular formula is C18H19N3O3S2. The van der Waals surface area contributed by atoms with E-state index < -0.39 is 10.0 Å². The maximum atomic E-state index is 12.8. The number of benzene rings is 2. The minimum atomic E-state index is -3.71. The van der Waals surface area contributed by atoms with E-state index >= 15 is 0 Å². The Kier molecular flexibility index (Phi) is 4.72. The first-order chi connectivity index (χ1) is 12.2. The molecule has 0 saturated carbocycles. The minimum Gasteiger partial charge on any atom is -0.302 e. The largest absolute Gasteiger partial charge is 0.302 e. The van der Waals surface area contributed by atoms with E-state index in [0.717, 1.165) is 15.8 Å². The number of aryl methyl sites for hydroxylation is 3. The first-order valence-corrected chi connectivity index (χ1v) is 10.2. The number of sulfonamides is 1. The van der Waals surface area contributed by atoms with Crippen molar-refractivity contribution in [2.45, 2.75) is 32.6 Å². The van der Waals surface area contributed by atoms with Crippen LogP contribution in [-0.2, 0) is 14.8 Å². The number of hydrogen-bond donors (Lipinski definition) is 2. The van der Waals surface area contributed by atoms with Crippen LogP contribution in [0.1, 0.15) is 23.6 Å². The van der Waals surface area contributed by atoms with E-state index in [1.165, 1.54) is 18.3 Å². The molecule has 26 heavy (non-hydrogen) atoms. The summed E-state index contributed by atoms with van der Waals surface area (Å²) in [7, 11) is -3.71. The van der Waals surface area contributed by atoms with Crippen molar-refractivity contribution in [3.63, 3.8) is 0 Å². The van der Waals surface area contributed by atoms with Gasteiger partial charge in [-0.05, 0) is 61.7 Å². The average molecular weight is 390 g/mol. The second kappa shape index (κ2) is 6.69. The fraction of sp³-hybridized carbons (Fsp3) is 0.222. The fourth-order valence-corrected chi connectivity index (χ4v) is 4.88. The molecular weight excluding hydrogens is 370 g/mol. The van der Waals surface area contributed by atoms with Crippen molar-refractivity contribution >= 4 is 48.3 Å². The predicted octanol–water partition coefficient (Wildman–Crippen LogP) is 3.98. The second-order valence-corrected chi connectivity index (χ2v) is 8.87. The summed E-state index contributed by atoms with van der Waals surface area (Å²) in [5.74, 6) is -0.199. The summed E-state index contributed by atoms with van der Waals surface area (Å²) >= 11 is 1.33. The summed E-state index contributed by atoms with van der Waals surface area (Å²) in [4.78, 5) is 15.7. The van der Waals surface area contributed by atoms with Crippen molar-refractivity contribution in [2.75, 3.05) is 10.0 Å². The number of aromatic nitrogens is 1. The summed E-state index contributed by atoms with van der Waals surface area (Å²) in [6.45, 7) is 7.04. The molecule has 3 aromatic rings. The van der Waals surface area contributed by atoms with E-state index in [2.05, 4.69) is 15.0 Å². The Morgan fingerprint density at radius 1 is 1.04 bits per heavy atom. The first kappa shape index (κ1) is 18.3. The van der Waals surface area contributed by atoms with Crippen LogP contribution in [0.4, 0.5) is 10.8 Å². The Morgan fingerprint density at radius 3 is 2.42 bits per heavy atom. The van der Waals surface area contributed by atoms with Gasteiger partial charge in [-0.3, -0.25) is 9.52 Å². The summed E-state index contributed by atoms with van der Waals surface area (Å²) in [5.41, 5.74) is 3.72. The number of thiazole rings is 1. The normalized spacial score (nSPS) is 11.5. The highest BCUT2D eigenvalue weighted by molar-refractivity contribution is 7.92. The van der Waals surface area contributed by atoms with Crippen LogP contribution in [-0.4, -0.2) is 19.3 Å². The number of amides is 1. The van der Waals surface area contributed by atoms with Crippen molar-refractivity contribution in [3.8, 4) is 0 Å². The zero-order valence-corrected chi connectivity index (χ0v) is 16.5. The summed E-state index contributed by atoms with van der Waals surface area (Å²) in [6, 6.07) is 8.68. The molecule has 0 spiro atoms. The summed E-state index contributed by atoms with van der Waals surface area (Å²) in [5, 5.41) is 3.12. The van der Waals surface area contributed by atoms with Crippen LogP contribution in [0.15, 0.2) is 35.2 Å². The standard InChI is InChI=1S/C18H19N3O3S2/c1-10-7-12(3)17(8-11(10)2)26(23,24)21-14-5-6-16-15(9-14)20-18(25-16)19-13(4)22/h5-9,21H,1-4H3,(H,19,20,22). The fourth-order valence-electron chi connectivity index (χ4n) is 2.63. The summed E-state index contributed by atoms with van der Waals surface area (Å²) in [6.07, 6.45) is 0. The van der Waals surface area contributed by atoms with Crippen molar-refractivity contribution in [2.24, 2.45) is 0 Å². The Hall–Kier alpha value is -2.45. The van der Waals surface area contributed by atoms with Gasteiger partial charge in [-0.15, -0.1) is 0 Å². The van der Waals surface area contributed by atoms with Crippen LogP contribution in [0.2, 0.25) is 0 Å². The van der Waals surface area contributed by atoms with Gasteiger partial charge in [0, 0.05) is 6.92 Å². The van der Waals surface area contributed by atoms with E-state index in [4.69, 9.17) is 0 Å². The number of anilines is 2. The molecule has 1 aromatic heterocycles. The quantitative estimate of drug-likeness (QED) is 0.706. The highest BCUT2D eigenvalue weighted by Crippen LogP contribution is 2.29. The lowest BCUT2D eigenvalue weighted by Gasteiger charge is -2.12. The van der Waals surface area contributed by atoms with Gasteiger partial charge in [-0.1, -0.05) is 17.4 Å². The van der Waals surface area contributed by atoms with E-state index in [-0.39, 0.29) is 10.8 Å². The van der Waals surface area contributed by atoms with Gasteiger partial charge in [0.15, 0.2) is 5.13 Å². The third kappa shape index (κ3) is 3.71. The number of nitrogens with zero attached hydrogens (tertiary/aromatic N) is 1. The zero-order valence-electron chi connectivity index (χ0n) is 14.9. The second-order valence-electron chi connectivity index (χ2n) is 6.19. The molecule has 0 atom stereocenters. The highest BCUT2D eigenvalue weighted by atomic mass is 32.2. The van der Waals surface area contributed by atoms with Gasteiger partial charge < -0.3 is 5.32 Å². The molecule has 2 N–H and O–H groups in total. The van der Waals surface area contributed by atoms with Gasteiger partial charge in [0.05, 0.1) is 20.8 Å². The van der Waals surface area contributed by atoms with Gasteiger partial charge in [0.1, 0.15) is 0 Å². The van der Waals surface area contributed by atoms with Crippen LogP contribution >= 0.6 is 11.3 Å². The monoisotopic (exact) mass is 389 g/mol. The van der Waals surface area contributed by atoms with Crippen LogP contribution in [0.25, 0.3) is 10.2 Å². The Morgan fingerprint density at radius 2 is 1.73 bits per heavy atom. The molecule has 0 aliphatic carbocycles. The molecule has 0 aliphatic heterocycles. The van der Waals surface area contributed by atoms with Gasteiger partial charge >= 0.3 is 0 Å². The molecule has 0 unspecified atom stereocenters. The van der Waals surface area contributed by atoms with Gasteiger partial charge in [-0.2, -0.15) is 0 Å². The molecule has 0 bridgehead atoms. The topological polar surface area (TPSA) is 88.2 Å². The van der Waals surface area contributed by atoms with Crippen molar-refractivity contribution in [3.05, 3.63) is 47.0 Å². The molecule has 136 valence electrons. The number of carbonyl (C=O) groups is 1. The van der Waals surface area contributed by atoms with Crippen molar-refractivity contribution in [1.29, 1.82) is 0 Å². The number of rotatable bonds is 4. The number of carbonyl (C=O) groups excluding carboxylic acids is 1. The lowest BCUT2D eigenvalue weighted by atomic mass is 10.1. The zero-order chi connectivity index (χ0) is 19.1. The molecule has 3 rings (SSSR count). The van der Waals surface area contributed by atoms with Crippen LogP contribution < -0.4 is 10.0 Å². The Labute approximate surface area is 156 Å². The minimum absolute atomic E-state index is 0.199. The third-order valence-corrected chi connectivity index (χ3v) is 6.48. The molecule has 0 radical (unpaired) electrons. The SMILES string of the molecule is CC(=O)Nc1nc2cc(NS(=O)(=O)c3cc(C)c(C)cc3C)ccc2s1. The lowest BCUT2D eigenvalue weighted by molar-refractivity contribution is -0.114. The molecule has 1 amide bonds. The average Bonchev–Trinajstić information content (AvgIpc) is 2.90. The van der Waals surface area contributed by atoms with E-state index in [0.29, 0.717) is 21.9 Å². The van der Waals surface area contributed by atoms with E-state index in [1.807, 2.05) is 19.9 Å². The highest BCUT2D eigenvalue weighted by Gasteiger charge is 2.18. The molecule has 6 nitrogen and oxygen atoms in total. The molecule has 1 heterocycles. The molecule has 0 fully saturated rings. The molecule has 0 aliphatic rings. The summed E-state index contributed by atoms with van der Waals surface area (Å²) < 4.78 is 29.0. The van der Waals surface area contributed by atoms with Crippen molar-refractivity contribution in [1.82, 2.24) is 4.98 Å². The van der Waals surface area contributed by atoms with Crippen molar-refractivity contribution < 1.29 is 13.2 Å². The van der Waals surface area contributed by atoms with Crippen LogP contribution in [0.3, 0.4) is 0 Å². The number of fused-ring (bicyclic) bond motifs is 1. The predicted molar refractivity (Wildman–Crippen MR) is 105 cm³/mol. The number of nitrogens with one attached hydrogen (secondary N) is 2. The van der Waals surface area contributed by atoms with Gasteiger partial charge in [0.25, 0.3) is 10.0 Å². The third-order valence-electron chi connectivity index (χ3n) is 4.00. The first-order valence-electron chi connectivity index (χ1n) is 7.94. The smallest absolute Gasteiger partial charge is 0.262 e. The van der Waals surface area contributed by atoms with Gasteiger partial charge in [-0.25, -0.2) is 13.4 Å². The maximum absolute atomic E-state index is 12.8. The lowest BCUT2D eigenvalue weighted by Crippen LogP contribution is -2.14. The van der Waals surface area contributed by atoms with Crippen LogP contribution in [0, 0.1) is 20.8 Å². The van der Waals surface area contributed by atoms with Crippen LogP contribution in [0.5, 0.6) is 0 Å². The van der Waals surface area contributed by atoms with E-state index in [1.54, 1.807) is 31.2 Å². The van der Waals surface area contributed by atoms with Gasteiger partial charge in [0.2, 0.25) is 5.91 Å². The maximum Gasteiger partial charge on any atom is 0.262 e. The Balaban J connectivity index is 1.94. The Bertz CT molecular complexity index is 1120. The molecule has 0 saturated heterocycles. The molecule has 8 heteroatoms. The van der Waals surface area contributed by atoms with E-state index in [9.17, 15) is 13.2 Å². The number of hydrogen-bond acceptors (Lipinski definition) is 5. The molecule has 2 aromatic carbocycles.